The average Bonchev–Trinajstić information content (AvgIpc) is 4.17. The first-order chi connectivity index (χ1) is 36.6. The Morgan fingerprint density at radius 2 is 0.961 bits per heavy atom. The van der Waals surface area contributed by atoms with Crippen LogP contribution in [-0.2, 0) is 16.0 Å². The van der Waals surface area contributed by atoms with E-state index in [1.54, 1.807) is 113 Å². The van der Waals surface area contributed by atoms with Gasteiger partial charge in [0, 0.05) is 57.8 Å². The molecule has 392 valence electrons. The fourth-order valence-electron chi connectivity index (χ4n) is 8.11. The average molecular weight is 1030 g/mol. The lowest BCUT2D eigenvalue weighted by Crippen LogP contribution is -2.33. The van der Waals surface area contributed by atoms with Crippen molar-refractivity contribution in [1.82, 2.24) is 10.6 Å². The molecule has 0 fully saturated rings. The number of ether oxygens (including phenoxy) is 3. The summed E-state index contributed by atoms with van der Waals surface area (Å²) in [6.45, 7) is 14.6. The predicted molar refractivity (Wildman–Crippen MR) is 297 cm³/mol. The van der Waals surface area contributed by atoms with E-state index in [0.717, 1.165) is 5.39 Å². The van der Waals surface area contributed by atoms with Gasteiger partial charge in [-0.05, 0) is 96.1 Å². The molecule has 6 aromatic carbocycles. The number of benzene rings is 6. The van der Waals surface area contributed by atoms with Gasteiger partial charge in [0.1, 0.15) is 51.8 Å². The topological polar surface area (TPSA) is 177 Å². The minimum atomic E-state index is -0.603. The highest BCUT2D eigenvalue weighted by atomic mass is 16.5. The lowest BCUT2D eigenvalue weighted by Gasteiger charge is -2.14. The van der Waals surface area contributed by atoms with Gasteiger partial charge in [-0.3, -0.25) is 24.0 Å². The van der Waals surface area contributed by atoms with Crippen LogP contribution in [-0.4, -0.2) is 62.6 Å². The molecule has 76 heavy (non-hydrogen) atoms. The van der Waals surface area contributed by atoms with E-state index >= 15 is 0 Å². The number of rotatable bonds is 16. The Kier molecular flexibility index (Phi) is 19.9. The highest BCUT2D eigenvalue weighted by Gasteiger charge is 2.30. The molecule has 2 N–H and O–H groups in total. The molecule has 2 amide bonds. The van der Waals surface area contributed by atoms with Crippen LogP contribution >= 0.6 is 0 Å². The van der Waals surface area contributed by atoms with Gasteiger partial charge in [-0.25, -0.2) is 0 Å². The van der Waals surface area contributed by atoms with E-state index in [0.29, 0.717) is 96.1 Å². The number of furan rings is 3. The molecule has 0 bridgehead atoms. The summed E-state index contributed by atoms with van der Waals surface area (Å²) in [4.78, 5) is 63.4. The molecule has 0 saturated carbocycles. The van der Waals surface area contributed by atoms with Gasteiger partial charge < -0.3 is 38.1 Å². The minimum Gasteiger partial charge on any atom is -0.497 e. The number of carbonyl (C=O) groups excluding carboxylic acids is 5. The summed E-state index contributed by atoms with van der Waals surface area (Å²) in [5.74, 6) is 1.65. The first-order valence-corrected chi connectivity index (χ1v) is 24.8. The van der Waals surface area contributed by atoms with Gasteiger partial charge in [0.15, 0.2) is 17.3 Å². The monoisotopic (exact) mass is 1020 g/mol. The molecular weight excluding hydrogens is 961 g/mol. The normalized spacial score (nSPS) is 11.0. The summed E-state index contributed by atoms with van der Waals surface area (Å²) in [5, 5.41) is 7.85. The zero-order valence-corrected chi connectivity index (χ0v) is 44.4. The summed E-state index contributed by atoms with van der Waals surface area (Å²) in [6, 6.07) is 43.4. The molecule has 3 heterocycles. The summed E-state index contributed by atoms with van der Waals surface area (Å²) in [5.41, 5.74) is 5.06. The van der Waals surface area contributed by atoms with Crippen molar-refractivity contribution in [2.45, 2.75) is 72.4 Å². The largest absolute Gasteiger partial charge is 0.497 e. The molecule has 9 aromatic rings. The molecule has 13 nitrogen and oxygen atoms in total. The molecule has 0 aliphatic heterocycles. The number of hydrogen-bond acceptors (Lipinski definition) is 11. The molecular formula is C63H64N2O11. The van der Waals surface area contributed by atoms with Crippen LogP contribution in [0.5, 0.6) is 17.2 Å². The molecule has 1 unspecified atom stereocenters. The van der Waals surface area contributed by atoms with E-state index in [1.807, 2.05) is 101 Å². The Hall–Kier alpha value is -8.97. The lowest BCUT2D eigenvalue weighted by atomic mass is 9.95. The van der Waals surface area contributed by atoms with Crippen LogP contribution in [0.4, 0.5) is 0 Å². The van der Waals surface area contributed by atoms with Crippen LogP contribution < -0.4 is 24.8 Å². The predicted octanol–water partition coefficient (Wildman–Crippen LogP) is 13.3. The van der Waals surface area contributed by atoms with Gasteiger partial charge in [-0.15, -0.1) is 6.58 Å². The zero-order valence-electron chi connectivity index (χ0n) is 44.4. The number of carbonyl (C=O) groups is 5. The van der Waals surface area contributed by atoms with Crippen molar-refractivity contribution in [3.8, 4) is 17.2 Å². The number of fused-ring (bicyclic) bond motifs is 3. The Morgan fingerprint density at radius 1 is 0.539 bits per heavy atom. The third kappa shape index (κ3) is 14.0. The molecule has 0 radical (unpaired) electrons. The second-order valence-corrected chi connectivity index (χ2v) is 18.1. The van der Waals surface area contributed by atoms with Crippen molar-refractivity contribution in [2.75, 3.05) is 21.3 Å². The lowest BCUT2D eigenvalue weighted by molar-refractivity contribution is -0.123. The van der Waals surface area contributed by atoms with Crippen LogP contribution in [0, 0.1) is 0 Å². The number of hydrogen-bond donors (Lipinski definition) is 2. The quantitative estimate of drug-likeness (QED) is 0.0695. The number of amides is 2. The zero-order chi connectivity index (χ0) is 54.9. The van der Waals surface area contributed by atoms with E-state index in [4.69, 9.17) is 27.5 Å². The van der Waals surface area contributed by atoms with Crippen LogP contribution in [0.25, 0.3) is 32.9 Å². The maximum absolute atomic E-state index is 13.3. The summed E-state index contributed by atoms with van der Waals surface area (Å²) >= 11 is 0. The van der Waals surface area contributed by atoms with Gasteiger partial charge in [0.25, 0.3) is 0 Å². The SMILES string of the molecule is C=CC.COc1ccc2oc(C(C)C(=O)NC(C)C)c(C(=O)c3ccccc3)c2c1.COc1ccc2oc(CCC(=O)NC(C)C)c(C(=O)c3ccccc3)c2c1.COc1ccc2occ(C(=O)c3ccccc3)c2c1. The van der Waals surface area contributed by atoms with Gasteiger partial charge >= 0.3 is 0 Å². The number of ketones is 3. The number of aryl methyl sites for hydroxylation is 1. The highest BCUT2D eigenvalue weighted by molar-refractivity contribution is 6.19. The second-order valence-electron chi connectivity index (χ2n) is 18.1. The maximum atomic E-state index is 13.3. The fraction of sp³-hybridized carbons (Fsp3) is 0.222. The van der Waals surface area contributed by atoms with Crippen molar-refractivity contribution < 1.29 is 51.4 Å². The van der Waals surface area contributed by atoms with Crippen LogP contribution in [0.1, 0.15) is 113 Å². The smallest absolute Gasteiger partial charge is 0.230 e. The third-order valence-corrected chi connectivity index (χ3v) is 11.7. The van der Waals surface area contributed by atoms with Gasteiger partial charge in [-0.2, -0.15) is 0 Å². The highest BCUT2D eigenvalue weighted by Crippen LogP contribution is 2.36. The first-order valence-electron chi connectivity index (χ1n) is 24.8. The summed E-state index contributed by atoms with van der Waals surface area (Å²) < 4.78 is 33.1. The Labute approximate surface area is 442 Å². The number of allylic oxidation sites excluding steroid dienone is 1. The molecule has 0 spiro atoms. The number of methoxy groups -OCH3 is 3. The van der Waals surface area contributed by atoms with E-state index < -0.39 is 5.92 Å². The van der Waals surface area contributed by atoms with Gasteiger partial charge in [-0.1, -0.05) is 97.1 Å². The Balaban J connectivity index is 0.000000183. The van der Waals surface area contributed by atoms with Crippen LogP contribution in [0.2, 0.25) is 0 Å². The van der Waals surface area contributed by atoms with Gasteiger partial charge in [0.2, 0.25) is 11.8 Å². The molecule has 3 aromatic heterocycles. The minimum absolute atomic E-state index is 0.00213. The summed E-state index contributed by atoms with van der Waals surface area (Å²) in [7, 11) is 4.75. The Morgan fingerprint density at radius 3 is 1.43 bits per heavy atom. The van der Waals surface area contributed by atoms with Crippen LogP contribution in [0.15, 0.2) is 178 Å². The third-order valence-electron chi connectivity index (χ3n) is 11.7. The molecule has 0 aliphatic rings. The molecule has 1 atom stereocenters. The maximum Gasteiger partial charge on any atom is 0.230 e. The van der Waals surface area contributed by atoms with Crippen LogP contribution in [0.3, 0.4) is 0 Å². The number of nitrogens with one attached hydrogen (secondary N) is 2. The van der Waals surface area contributed by atoms with Crippen molar-refractivity contribution in [3.63, 3.8) is 0 Å². The van der Waals surface area contributed by atoms with Crippen molar-refractivity contribution in [1.29, 1.82) is 0 Å². The molecule has 0 saturated heterocycles. The molecule has 0 aliphatic carbocycles. The van der Waals surface area contributed by atoms with E-state index in [-0.39, 0.29) is 47.7 Å². The summed E-state index contributed by atoms with van der Waals surface area (Å²) in [6.07, 6.45) is 3.85. The Bertz CT molecular complexity index is 3420. The van der Waals surface area contributed by atoms with Crippen molar-refractivity contribution in [2.24, 2.45) is 0 Å². The fourth-order valence-corrected chi connectivity index (χ4v) is 8.11. The standard InChI is InChI=1S/2C22H23NO4.C16H12O3.C3H6/c1-13(2)23-22(25)14(3)21-19(20(24)15-8-6-5-7-9-15)17-12-16(26-4)10-11-18(17)27-21;1-14(2)23-20(24)12-11-19-21(22(25)15-7-5-4-6-8-15)17-13-16(26-3)9-10-18(17)27-19;1-18-12-7-8-15-13(9-12)14(10-19-15)16(17)11-5-3-2-4-6-11;1-3-2/h5-14H,1-4H3,(H,23,25);4-10,13-14H,11-12H2,1-3H3,(H,23,24);2-10H,1H3;3H,1H2,2H3. The van der Waals surface area contributed by atoms with Crippen molar-refractivity contribution >= 4 is 62.1 Å². The van der Waals surface area contributed by atoms with E-state index in [9.17, 15) is 24.0 Å². The van der Waals surface area contributed by atoms with Crippen molar-refractivity contribution in [3.05, 3.63) is 209 Å². The first kappa shape index (κ1) is 56.3. The van der Waals surface area contributed by atoms with E-state index in [1.165, 1.54) is 6.26 Å². The van der Waals surface area contributed by atoms with E-state index in [2.05, 4.69) is 17.2 Å². The molecule has 13 heteroatoms. The molecule has 9 rings (SSSR count). The second kappa shape index (κ2) is 26.8. The van der Waals surface area contributed by atoms with Gasteiger partial charge in [0.05, 0.1) is 43.9 Å².